The van der Waals surface area contributed by atoms with Gasteiger partial charge in [0.25, 0.3) is 0 Å². The Morgan fingerprint density at radius 1 is 1.14 bits per heavy atom. The maximum absolute atomic E-state index is 12.3. The largest absolute Gasteiger partial charge is 0.339 e. The second-order valence-electron chi connectivity index (χ2n) is 6.39. The van der Waals surface area contributed by atoms with E-state index in [0.717, 1.165) is 0 Å². The molecule has 0 aliphatic carbocycles. The van der Waals surface area contributed by atoms with Gasteiger partial charge >= 0.3 is 0 Å². The van der Waals surface area contributed by atoms with E-state index < -0.39 is 10.0 Å². The molecule has 6 heteroatoms. The van der Waals surface area contributed by atoms with Crippen LogP contribution in [0.1, 0.15) is 30.7 Å². The molecular formula is C16H22N2O3S. The number of likely N-dealkylation sites (tertiary alicyclic amines) is 1. The van der Waals surface area contributed by atoms with E-state index in [2.05, 4.69) is 12.1 Å². The van der Waals surface area contributed by atoms with Crippen molar-refractivity contribution in [1.29, 1.82) is 0 Å². The number of benzene rings is 1. The van der Waals surface area contributed by atoms with Crippen LogP contribution >= 0.6 is 0 Å². The average molecular weight is 322 g/mol. The van der Waals surface area contributed by atoms with Crippen molar-refractivity contribution < 1.29 is 13.2 Å². The fourth-order valence-corrected chi connectivity index (χ4v) is 4.83. The summed E-state index contributed by atoms with van der Waals surface area (Å²) in [5.41, 5.74) is 0.924. The zero-order chi connectivity index (χ0) is 16.0. The summed E-state index contributed by atoms with van der Waals surface area (Å²) in [5.74, 6) is 0.301. The van der Waals surface area contributed by atoms with Crippen LogP contribution in [0.3, 0.4) is 0 Å². The van der Waals surface area contributed by atoms with Gasteiger partial charge in [0, 0.05) is 32.5 Å². The van der Waals surface area contributed by atoms with Crippen LogP contribution in [0.4, 0.5) is 0 Å². The Morgan fingerprint density at radius 2 is 1.73 bits per heavy atom. The van der Waals surface area contributed by atoms with Gasteiger partial charge in [-0.15, -0.1) is 0 Å². The predicted octanol–water partition coefficient (Wildman–Crippen LogP) is 1.43. The predicted molar refractivity (Wildman–Crippen MR) is 85.0 cm³/mol. The van der Waals surface area contributed by atoms with Crippen molar-refractivity contribution >= 4 is 15.9 Å². The lowest BCUT2D eigenvalue weighted by atomic mass is 9.74. The molecule has 0 saturated carbocycles. The Morgan fingerprint density at radius 3 is 2.27 bits per heavy atom. The maximum atomic E-state index is 12.3. The van der Waals surface area contributed by atoms with E-state index in [-0.39, 0.29) is 17.4 Å². The Labute approximate surface area is 132 Å². The molecule has 1 aromatic rings. The van der Waals surface area contributed by atoms with Crippen molar-refractivity contribution in [2.45, 2.75) is 30.7 Å². The second-order valence-corrected chi connectivity index (χ2v) is 8.37. The number of carbonyl (C=O) groups is 1. The van der Waals surface area contributed by atoms with Gasteiger partial charge in [-0.2, -0.15) is 0 Å². The molecule has 120 valence electrons. The minimum Gasteiger partial charge on any atom is -0.339 e. The average Bonchev–Trinajstić information content (AvgIpc) is 2.73. The summed E-state index contributed by atoms with van der Waals surface area (Å²) in [6.07, 6.45) is 3.16. The molecule has 2 aliphatic rings. The molecule has 1 amide bonds. The van der Waals surface area contributed by atoms with Crippen LogP contribution in [0.2, 0.25) is 0 Å². The highest BCUT2D eigenvalue weighted by Gasteiger charge is 2.53. The molecule has 0 N–H and O–H groups in total. The number of hydrogen-bond acceptors (Lipinski definition) is 3. The molecule has 0 unspecified atom stereocenters. The highest BCUT2D eigenvalue weighted by molar-refractivity contribution is 7.88. The van der Waals surface area contributed by atoms with Gasteiger partial charge in [-0.25, -0.2) is 12.7 Å². The number of hydrogen-bond donors (Lipinski definition) is 0. The highest BCUT2D eigenvalue weighted by Crippen LogP contribution is 2.48. The molecule has 22 heavy (non-hydrogen) atoms. The minimum atomic E-state index is -3.16. The van der Waals surface area contributed by atoms with Gasteiger partial charge in [0.05, 0.1) is 11.8 Å². The van der Waals surface area contributed by atoms with Gasteiger partial charge < -0.3 is 4.90 Å². The summed E-state index contributed by atoms with van der Waals surface area (Å²) in [5, 5.41) is 0. The van der Waals surface area contributed by atoms with Gasteiger partial charge in [-0.1, -0.05) is 30.3 Å². The van der Waals surface area contributed by atoms with Gasteiger partial charge in [0.15, 0.2) is 0 Å². The molecule has 2 aliphatic heterocycles. The summed E-state index contributed by atoms with van der Waals surface area (Å²) in [6.45, 7) is 0.972. The first-order chi connectivity index (χ1) is 10.3. The second kappa shape index (κ2) is 5.35. The molecule has 0 bridgehead atoms. The van der Waals surface area contributed by atoms with Crippen LogP contribution in [0, 0.1) is 0 Å². The molecule has 2 fully saturated rings. The number of nitrogens with zero attached hydrogens (tertiary/aromatic N) is 2. The van der Waals surface area contributed by atoms with E-state index >= 15 is 0 Å². The molecule has 1 spiro atoms. The fourth-order valence-electron chi connectivity index (χ4n) is 3.99. The van der Waals surface area contributed by atoms with Gasteiger partial charge in [0.2, 0.25) is 15.9 Å². The molecule has 3 rings (SSSR count). The molecule has 2 saturated heterocycles. The maximum Gasteiger partial charge on any atom is 0.223 e. The SMILES string of the molecule is CN1C(=O)C[C@@H](c2ccccc2)C12CCN(S(C)(=O)=O)CC2. The van der Waals surface area contributed by atoms with Crippen molar-refractivity contribution in [3.63, 3.8) is 0 Å². The van der Waals surface area contributed by atoms with Gasteiger partial charge in [-0.3, -0.25) is 4.79 Å². The van der Waals surface area contributed by atoms with E-state index in [4.69, 9.17) is 0 Å². The van der Waals surface area contributed by atoms with Crippen LogP contribution in [0.5, 0.6) is 0 Å². The molecule has 5 nitrogen and oxygen atoms in total. The lowest BCUT2D eigenvalue weighted by Crippen LogP contribution is -2.54. The smallest absolute Gasteiger partial charge is 0.223 e. The number of rotatable bonds is 2. The standard InChI is InChI=1S/C16H22N2O3S/c1-17-15(19)12-14(13-6-4-3-5-7-13)16(17)8-10-18(11-9-16)22(2,20)21/h3-7,14H,8-12H2,1-2H3/t14-/m0/s1. The number of piperidine rings is 1. The van der Waals surface area contributed by atoms with E-state index in [9.17, 15) is 13.2 Å². The molecule has 2 heterocycles. The van der Waals surface area contributed by atoms with Crippen molar-refractivity contribution in [1.82, 2.24) is 9.21 Å². The van der Waals surface area contributed by atoms with Crippen molar-refractivity contribution in [3.05, 3.63) is 35.9 Å². The third-order valence-electron chi connectivity index (χ3n) is 5.33. The first-order valence-corrected chi connectivity index (χ1v) is 9.46. The van der Waals surface area contributed by atoms with Crippen LogP contribution in [0.25, 0.3) is 0 Å². The normalized spacial score (nSPS) is 25.8. The van der Waals surface area contributed by atoms with Crippen molar-refractivity contribution in [2.75, 3.05) is 26.4 Å². The Hall–Kier alpha value is -1.40. The summed E-state index contributed by atoms with van der Waals surface area (Å²) < 4.78 is 25.0. The molecular weight excluding hydrogens is 300 g/mol. The Kier molecular flexibility index (Phi) is 3.77. The molecule has 1 atom stereocenters. The third-order valence-corrected chi connectivity index (χ3v) is 6.63. The first kappa shape index (κ1) is 15.5. The first-order valence-electron chi connectivity index (χ1n) is 7.61. The molecule has 1 aromatic carbocycles. The van der Waals surface area contributed by atoms with Crippen LogP contribution in [-0.2, 0) is 14.8 Å². The molecule has 0 radical (unpaired) electrons. The van der Waals surface area contributed by atoms with E-state index in [0.29, 0.717) is 32.4 Å². The number of carbonyl (C=O) groups excluding carboxylic acids is 1. The molecule has 0 aromatic heterocycles. The summed E-state index contributed by atoms with van der Waals surface area (Å²) in [6, 6.07) is 10.1. The highest BCUT2D eigenvalue weighted by atomic mass is 32.2. The van der Waals surface area contributed by atoms with Crippen LogP contribution < -0.4 is 0 Å². The number of likely N-dealkylation sites (N-methyl/N-ethyl adjacent to an activating group) is 1. The topological polar surface area (TPSA) is 57.7 Å². The van der Waals surface area contributed by atoms with Crippen molar-refractivity contribution in [2.24, 2.45) is 0 Å². The van der Waals surface area contributed by atoms with Crippen LogP contribution in [0.15, 0.2) is 30.3 Å². The Bertz CT molecular complexity index is 664. The number of sulfonamides is 1. The monoisotopic (exact) mass is 322 g/mol. The Balaban J connectivity index is 1.91. The lowest BCUT2D eigenvalue weighted by Gasteiger charge is -2.46. The zero-order valence-corrected chi connectivity index (χ0v) is 13.8. The zero-order valence-electron chi connectivity index (χ0n) is 13.0. The van der Waals surface area contributed by atoms with E-state index in [1.54, 1.807) is 0 Å². The fraction of sp³-hybridized carbons (Fsp3) is 0.562. The number of amides is 1. The summed E-state index contributed by atoms with van der Waals surface area (Å²) in [4.78, 5) is 14.2. The van der Waals surface area contributed by atoms with Gasteiger partial charge in [-0.05, 0) is 18.4 Å². The van der Waals surface area contributed by atoms with E-state index in [1.807, 2.05) is 30.1 Å². The summed E-state index contributed by atoms with van der Waals surface area (Å²) in [7, 11) is -1.29. The van der Waals surface area contributed by atoms with Crippen molar-refractivity contribution in [3.8, 4) is 0 Å². The minimum absolute atomic E-state index is 0.146. The lowest BCUT2D eigenvalue weighted by molar-refractivity contribution is -0.130. The van der Waals surface area contributed by atoms with Gasteiger partial charge in [0.1, 0.15) is 0 Å². The third kappa shape index (κ3) is 2.44. The quantitative estimate of drug-likeness (QED) is 0.827. The van der Waals surface area contributed by atoms with E-state index in [1.165, 1.54) is 16.1 Å². The van der Waals surface area contributed by atoms with Crippen LogP contribution in [-0.4, -0.2) is 55.5 Å². The summed E-state index contributed by atoms with van der Waals surface area (Å²) >= 11 is 0.